The largest absolute Gasteiger partial charge is 0.309 e. The third-order valence-corrected chi connectivity index (χ3v) is 5.18. The molecule has 1 aromatic heterocycles. The van der Waals surface area contributed by atoms with Gasteiger partial charge in [0.2, 0.25) is 5.62 Å². The van der Waals surface area contributed by atoms with Gasteiger partial charge in [-0.15, -0.1) is 17.0 Å². The summed E-state index contributed by atoms with van der Waals surface area (Å²) in [6, 6.07) is 15.6. The van der Waals surface area contributed by atoms with Gasteiger partial charge in [0.1, 0.15) is 0 Å². The van der Waals surface area contributed by atoms with Gasteiger partial charge in [0.25, 0.3) is 0 Å². The van der Waals surface area contributed by atoms with Crippen molar-refractivity contribution in [3.05, 3.63) is 65.3 Å². The number of aryl methyl sites for hydroxylation is 1. The van der Waals surface area contributed by atoms with Crippen LogP contribution in [0.2, 0.25) is 0 Å². The van der Waals surface area contributed by atoms with E-state index in [1.165, 1.54) is 0 Å². The number of para-hydroxylation sites is 2. The molecule has 0 unspecified atom stereocenters. The van der Waals surface area contributed by atoms with Crippen LogP contribution in [0, 0.1) is 12.3 Å². The highest BCUT2D eigenvalue weighted by Gasteiger charge is 2.15. The molecular weight excluding hydrogens is 416 g/mol. The number of halogens is 1. The first-order valence-electron chi connectivity index (χ1n) is 9.60. The monoisotopic (exact) mass is 444 g/mol. The first kappa shape index (κ1) is 22.1. The number of Topliss-reactive ketones (excluding diaryl/α,β-unsaturated/α-hetero) is 1. The molecule has 3 aromatic rings. The highest BCUT2D eigenvalue weighted by atomic mass is 79.9. The van der Waals surface area contributed by atoms with Gasteiger partial charge in [-0.05, 0) is 32.1 Å². The maximum Gasteiger partial charge on any atom is 0.203 e. The third kappa shape index (κ3) is 4.62. The lowest BCUT2D eigenvalue weighted by molar-refractivity contribution is 0.0971. The van der Waals surface area contributed by atoms with Crippen LogP contribution in [-0.4, -0.2) is 39.5 Å². The number of nitrogens with zero attached hydrogens (tertiary/aromatic N) is 3. The van der Waals surface area contributed by atoms with E-state index in [2.05, 4.69) is 18.7 Å². The van der Waals surface area contributed by atoms with Crippen LogP contribution in [0.3, 0.4) is 0 Å². The summed E-state index contributed by atoms with van der Waals surface area (Å²) in [7, 11) is 0. The second-order valence-electron chi connectivity index (χ2n) is 6.87. The molecule has 5 nitrogen and oxygen atoms in total. The van der Waals surface area contributed by atoms with E-state index in [1.54, 1.807) is 0 Å². The Kier molecular flexibility index (Phi) is 7.78. The number of aromatic nitrogens is 2. The van der Waals surface area contributed by atoms with Crippen LogP contribution in [-0.2, 0) is 13.1 Å². The number of likely N-dealkylation sites (N-methyl/N-ethyl adjacent to an activating group) is 1. The minimum Gasteiger partial charge on any atom is -0.309 e. The van der Waals surface area contributed by atoms with Crippen LogP contribution < -0.4 is 5.62 Å². The standard InChI is InChI=1S/C22H28N4O.BrH/c1-4-24(5-2)14-15-25-19-8-6-7-9-20(19)26(22(25)23)16-21(27)18-12-10-17(3)11-13-18;/h6-13,23H,4-5,14-16H2,1-3H3;1H. The average Bonchev–Trinajstić information content (AvgIpc) is 2.95. The number of fused-ring (bicyclic) bond motifs is 1. The van der Waals surface area contributed by atoms with Crippen LogP contribution in [0.1, 0.15) is 29.8 Å². The molecular formula is C22H29BrN4O. The molecule has 2 aromatic carbocycles. The summed E-state index contributed by atoms with van der Waals surface area (Å²) in [5, 5.41) is 8.68. The van der Waals surface area contributed by atoms with Gasteiger partial charge in [-0.25, -0.2) is 0 Å². The summed E-state index contributed by atoms with van der Waals surface area (Å²) >= 11 is 0. The van der Waals surface area contributed by atoms with Gasteiger partial charge in [-0.3, -0.25) is 10.2 Å². The predicted molar refractivity (Wildman–Crippen MR) is 119 cm³/mol. The van der Waals surface area contributed by atoms with Crippen molar-refractivity contribution in [1.29, 1.82) is 5.41 Å². The fourth-order valence-electron chi connectivity index (χ4n) is 3.44. The molecule has 28 heavy (non-hydrogen) atoms. The fraction of sp³-hybridized carbons (Fsp3) is 0.364. The van der Waals surface area contributed by atoms with Crippen molar-refractivity contribution >= 4 is 33.8 Å². The van der Waals surface area contributed by atoms with Crippen LogP contribution in [0.5, 0.6) is 0 Å². The van der Waals surface area contributed by atoms with E-state index < -0.39 is 0 Å². The number of imidazole rings is 1. The van der Waals surface area contributed by atoms with Crippen molar-refractivity contribution in [3.8, 4) is 0 Å². The lowest BCUT2D eigenvalue weighted by atomic mass is 10.1. The van der Waals surface area contributed by atoms with Crippen LogP contribution in [0.4, 0.5) is 0 Å². The Morgan fingerprint density at radius 2 is 1.54 bits per heavy atom. The first-order valence-corrected chi connectivity index (χ1v) is 9.60. The molecule has 1 N–H and O–H groups in total. The maximum atomic E-state index is 12.8. The summed E-state index contributed by atoms with van der Waals surface area (Å²) in [5.41, 5.74) is 4.14. The number of hydrogen-bond donors (Lipinski definition) is 1. The van der Waals surface area contributed by atoms with Gasteiger partial charge >= 0.3 is 0 Å². The molecule has 0 spiro atoms. The molecule has 1 heterocycles. The maximum absolute atomic E-state index is 12.8. The Morgan fingerprint density at radius 1 is 0.964 bits per heavy atom. The smallest absolute Gasteiger partial charge is 0.203 e. The number of benzene rings is 2. The van der Waals surface area contributed by atoms with Crippen molar-refractivity contribution in [3.63, 3.8) is 0 Å². The molecule has 0 aliphatic rings. The molecule has 0 aliphatic heterocycles. The summed E-state index contributed by atoms with van der Waals surface area (Å²) in [5.74, 6) is 0.0279. The lowest BCUT2D eigenvalue weighted by Gasteiger charge is -2.18. The molecule has 0 atom stereocenters. The Morgan fingerprint density at radius 3 is 2.11 bits per heavy atom. The highest BCUT2D eigenvalue weighted by molar-refractivity contribution is 8.93. The SMILES string of the molecule is Br.CCN(CC)CCn1c(=N)n(CC(=O)c2ccc(C)cc2)c2ccccc21. The van der Waals surface area contributed by atoms with Gasteiger partial charge in [0, 0.05) is 18.7 Å². The van der Waals surface area contributed by atoms with E-state index in [1.807, 2.05) is 64.6 Å². The zero-order chi connectivity index (χ0) is 19.4. The number of ketones is 1. The Hall–Kier alpha value is -2.18. The number of rotatable bonds is 8. The second-order valence-corrected chi connectivity index (χ2v) is 6.87. The summed E-state index contributed by atoms with van der Waals surface area (Å²) < 4.78 is 3.83. The topological polar surface area (TPSA) is 54.0 Å². The fourth-order valence-corrected chi connectivity index (χ4v) is 3.44. The second kappa shape index (κ2) is 9.85. The van der Waals surface area contributed by atoms with Crippen LogP contribution in [0.25, 0.3) is 11.0 Å². The van der Waals surface area contributed by atoms with E-state index in [0.29, 0.717) is 11.2 Å². The molecule has 0 saturated carbocycles. The lowest BCUT2D eigenvalue weighted by Crippen LogP contribution is -2.32. The van der Waals surface area contributed by atoms with Gasteiger partial charge < -0.3 is 14.0 Å². The van der Waals surface area contributed by atoms with Crippen LogP contribution >= 0.6 is 17.0 Å². The minimum atomic E-state index is 0. The normalized spacial score (nSPS) is 11.0. The summed E-state index contributed by atoms with van der Waals surface area (Å²) in [6.45, 7) is 10.1. The molecule has 0 radical (unpaired) electrons. The van der Waals surface area contributed by atoms with E-state index >= 15 is 0 Å². The van der Waals surface area contributed by atoms with Gasteiger partial charge in [0.15, 0.2) is 5.78 Å². The molecule has 3 rings (SSSR count). The zero-order valence-electron chi connectivity index (χ0n) is 16.8. The van der Waals surface area contributed by atoms with Crippen molar-refractivity contribution < 1.29 is 4.79 Å². The summed E-state index contributed by atoms with van der Waals surface area (Å²) in [4.78, 5) is 15.1. The van der Waals surface area contributed by atoms with Crippen molar-refractivity contribution in [2.75, 3.05) is 19.6 Å². The molecule has 6 heteroatoms. The molecule has 150 valence electrons. The first-order chi connectivity index (χ1) is 13.0. The number of nitrogens with one attached hydrogen (secondary N) is 1. The van der Waals surface area contributed by atoms with Gasteiger partial charge in [-0.1, -0.05) is 55.8 Å². The Balaban J connectivity index is 0.00000280. The minimum absolute atomic E-state index is 0. The van der Waals surface area contributed by atoms with Crippen molar-refractivity contribution in [1.82, 2.24) is 14.0 Å². The third-order valence-electron chi connectivity index (χ3n) is 5.18. The molecule has 0 bridgehead atoms. The molecule has 0 fully saturated rings. The number of carbonyl (C=O) groups is 1. The van der Waals surface area contributed by atoms with E-state index in [0.717, 1.165) is 42.8 Å². The quantitative estimate of drug-likeness (QED) is 0.533. The number of hydrogen-bond acceptors (Lipinski definition) is 3. The predicted octanol–water partition coefficient (Wildman–Crippen LogP) is 4.03. The van der Waals surface area contributed by atoms with Crippen molar-refractivity contribution in [2.45, 2.75) is 33.9 Å². The molecule has 0 saturated heterocycles. The van der Waals surface area contributed by atoms with Crippen molar-refractivity contribution in [2.24, 2.45) is 0 Å². The van der Waals surface area contributed by atoms with E-state index in [-0.39, 0.29) is 29.3 Å². The van der Waals surface area contributed by atoms with E-state index in [9.17, 15) is 4.79 Å². The average molecular weight is 445 g/mol. The summed E-state index contributed by atoms with van der Waals surface area (Å²) in [6.07, 6.45) is 0. The van der Waals surface area contributed by atoms with Crippen LogP contribution in [0.15, 0.2) is 48.5 Å². The van der Waals surface area contributed by atoms with Gasteiger partial charge in [-0.2, -0.15) is 0 Å². The molecule has 0 aliphatic carbocycles. The van der Waals surface area contributed by atoms with Gasteiger partial charge in [0.05, 0.1) is 17.6 Å². The Bertz CT molecular complexity index is 984. The number of carbonyl (C=O) groups excluding carboxylic acids is 1. The Labute approximate surface area is 176 Å². The zero-order valence-corrected chi connectivity index (χ0v) is 18.5. The highest BCUT2D eigenvalue weighted by Crippen LogP contribution is 2.14. The van der Waals surface area contributed by atoms with E-state index in [4.69, 9.17) is 5.41 Å². The molecule has 0 amide bonds.